The molecule has 3 nitrogen and oxygen atoms in total. The quantitative estimate of drug-likeness (QED) is 0.203. The van der Waals surface area contributed by atoms with E-state index in [2.05, 4.69) is 11.3 Å². The summed E-state index contributed by atoms with van der Waals surface area (Å²) in [5.74, 6) is -9.88. The second-order valence-electron chi connectivity index (χ2n) is 6.76. The van der Waals surface area contributed by atoms with E-state index in [0.717, 1.165) is 0 Å². The lowest BCUT2D eigenvalue weighted by Gasteiger charge is -2.13. The lowest BCUT2D eigenvalue weighted by atomic mass is 9.90. The van der Waals surface area contributed by atoms with E-state index in [1.807, 2.05) is 13.0 Å². The second kappa shape index (κ2) is 8.49. The molecule has 30 heavy (non-hydrogen) atoms. The van der Waals surface area contributed by atoms with E-state index in [9.17, 15) is 27.2 Å². The van der Waals surface area contributed by atoms with Gasteiger partial charge in [-0.15, -0.1) is 0 Å². The number of allylic oxidation sites excluding steroid dienone is 4. The zero-order valence-electron chi connectivity index (χ0n) is 15.8. The fourth-order valence-corrected chi connectivity index (χ4v) is 3.00. The zero-order valence-corrected chi connectivity index (χ0v) is 15.8. The van der Waals surface area contributed by atoms with E-state index in [4.69, 9.17) is 0 Å². The molecule has 0 radical (unpaired) electrons. The summed E-state index contributed by atoms with van der Waals surface area (Å²) in [7, 11) is 0. The first-order chi connectivity index (χ1) is 14.2. The van der Waals surface area contributed by atoms with Gasteiger partial charge in [0.05, 0.1) is 11.1 Å². The third kappa shape index (κ3) is 3.96. The maximum Gasteiger partial charge on any atom is 0.343 e. The predicted molar refractivity (Wildman–Crippen MR) is 103 cm³/mol. The number of ether oxygens (including phenoxy) is 1. The molecular weight excluding hydrogens is 400 g/mol. The number of ketones is 1. The van der Waals surface area contributed by atoms with Crippen LogP contribution in [0, 0.1) is 29.2 Å². The third-order valence-electron chi connectivity index (χ3n) is 4.61. The molecule has 7 heteroatoms. The molecule has 0 saturated heterocycles. The first-order valence-corrected chi connectivity index (χ1v) is 8.97. The summed E-state index contributed by atoms with van der Waals surface area (Å²) in [6.07, 6.45) is 6.67. The maximum atomic E-state index is 14.0. The van der Waals surface area contributed by atoms with Crippen molar-refractivity contribution in [1.29, 1.82) is 0 Å². The molecule has 0 N–H and O–H groups in total. The number of hydrogen-bond donors (Lipinski definition) is 0. The third-order valence-corrected chi connectivity index (χ3v) is 4.61. The Morgan fingerprint density at radius 3 is 2.10 bits per heavy atom. The molecule has 0 aromatic heterocycles. The first kappa shape index (κ1) is 21.2. The number of Topliss-reactive ketones (excluding diaryl/α,β-unsaturated/α-hetero) is 1. The number of rotatable bonds is 5. The molecule has 1 aliphatic carbocycles. The highest BCUT2D eigenvalue weighted by molar-refractivity contribution is 6.09. The van der Waals surface area contributed by atoms with Gasteiger partial charge in [0, 0.05) is 11.1 Å². The summed E-state index contributed by atoms with van der Waals surface area (Å²) in [6, 6.07) is 5.16. The Hall–Kier alpha value is -3.48. The summed E-state index contributed by atoms with van der Waals surface area (Å²) >= 11 is 0. The minimum Gasteiger partial charge on any atom is -0.416 e. The van der Waals surface area contributed by atoms with Gasteiger partial charge < -0.3 is 4.74 Å². The van der Waals surface area contributed by atoms with Crippen molar-refractivity contribution in [1.82, 2.24) is 0 Å². The standard InChI is InChI=1S/C23H16F4O3/c1-3-16-17(24)19(26)22(20(27)18(16)25)30-23(29)14-9-7-13(8-10-14)21(28)15-6-4-5-12(2)11-15/h3-10,12H,1,11H2,2H3. The first-order valence-electron chi connectivity index (χ1n) is 8.97. The van der Waals surface area contributed by atoms with Crippen LogP contribution in [0.3, 0.4) is 0 Å². The van der Waals surface area contributed by atoms with E-state index < -0.39 is 40.6 Å². The van der Waals surface area contributed by atoms with Gasteiger partial charge in [0.1, 0.15) is 0 Å². The Morgan fingerprint density at radius 2 is 1.57 bits per heavy atom. The van der Waals surface area contributed by atoms with Crippen LogP contribution in [0.4, 0.5) is 17.6 Å². The average molecular weight is 416 g/mol. The van der Waals surface area contributed by atoms with Crippen molar-refractivity contribution < 1.29 is 31.9 Å². The van der Waals surface area contributed by atoms with Crippen molar-refractivity contribution in [3.05, 3.63) is 94.6 Å². The number of esters is 1. The van der Waals surface area contributed by atoms with Gasteiger partial charge in [0.2, 0.25) is 17.4 Å². The zero-order chi connectivity index (χ0) is 22.0. The minimum atomic E-state index is -1.85. The van der Waals surface area contributed by atoms with Gasteiger partial charge in [0.25, 0.3) is 0 Å². The Labute approximate surface area is 170 Å². The van der Waals surface area contributed by atoms with Crippen LogP contribution in [0.25, 0.3) is 6.08 Å². The van der Waals surface area contributed by atoms with Crippen LogP contribution < -0.4 is 4.74 Å². The molecule has 1 atom stereocenters. The summed E-state index contributed by atoms with van der Waals surface area (Å²) in [5.41, 5.74) is -0.249. The largest absolute Gasteiger partial charge is 0.416 e. The van der Waals surface area contributed by atoms with E-state index in [0.29, 0.717) is 23.6 Å². The normalized spacial score (nSPS) is 15.5. The second-order valence-corrected chi connectivity index (χ2v) is 6.76. The van der Waals surface area contributed by atoms with Gasteiger partial charge in [-0.3, -0.25) is 4.79 Å². The Kier molecular flexibility index (Phi) is 6.01. The van der Waals surface area contributed by atoms with Crippen molar-refractivity contribution in [3.63, 3.8) is 0 Å². The molecule has 154 valence electrons. The Morgan fingerprint density at radius 1 is 1.00 bits per heavy atom. The molecule has 0 aliphatic heterocycles. The molecule has 3 rings (SSSR count). The summed E-state index contributed by atoms with van der Waals surface area (Å²) in [6.45, 7) is 5.05. The Balaban J connectivity index is 1.82. The number of halogens is 4. The van der Waals surface area contributed by atoms with E-state index in [1.54, 1.807) is 12.2 Å². The summed E-state index contributed by atoms with van der Waals surface area (Å²) < 4.78 is 60.2. The number of hydrogen-bond acceptors (Lipinski definition) is 3. The molecule has 0 fully saturated rings. The van der Waals surface area contributed by atoms with Crippen LogP contribution in [-0.2, 0) is 0 Å². The monoisotopic (exact) mass is 416 g/mol. The van der Waals surface area contributed by atoms with Gasteiger partial charge in [-0.05, 0) is 24.5 Å². The molecule has 0 saturated carbocycles. The average Bonchev–Trinajstić information content (AvgIpc) is 2.75. The lowest BCUT2D eigenvalue weighted by Crippen LogP contribution is -2.14. The highest BCUT2D eigenvalue weighted by atomic mass is 19.2. The van der Waals surface area contributed by atoms with Crippen LogP contribution in [0.2, 0.25) is 0 Å². The SMILES string of the molecule is C=Cc1c(F)c(F)c(OC(=O)c2ccc(C(=O)C3=CC=CC(C)C3)cc2)c(F)c1F. The van der Waals surface area contributed by atoms with Crippen molar-refractivity contribution >= 4 is 17.8 Å². The van der Waals surface area contributed by atoms with Crippen LogP contribution in [0.15, 0.2) is 54.6 Å². The highest BCUT2D eigenvalue weighted by Crippen LogP contribution is 2.31. The smallest absolute Gasteiger partial charge is 0.343 e. The van der Waals surface area contributed by atoms with Gasteiger partial charge in [-0.1, -0.05) is 49.9 Å². The summed E-state index contributed by atoms with van der Waals surface area (Å²) in [5, 5.41) is 0. The van der Waals surface area contributed by atoms with Gasteiger partial charge in [-0.2, -0.15) is 8.78 Å². The van der Waals surface area contributed by atoms with Gasteiger partial charge in [0.15, 0.2) is 17.4 Å². The predicted octanol–water partition coefficient (Wildman–Crippen LogP) is 5.81. The van der Waals surface area contributed by atoms with Crippen LogP contribution in [-0.4, -0.2) is 11.8 Å². The fraction of sp³-hybridized carbons (Fsp3) is 0.130. The van der Waals surface area contributed by atoms with Crippen molar-refractivity contribution in [2.45, 2.75) is 13.3 Å². The molecule has 1 unspecified atom stereocenters. The molecular formula is C23H16F4O3. The topological polar surface area (TPSA) is 43.4 Å². The van der Waals surface area contributed by atoms with Crippen LogP contribution >= 0.6 is 0 Å². The molecule has 0 bridgehead atoms. The molecule has 1 aliphatic rings. The van der Waals surface area contributed by atoms with Crippen LogP contribution in [0.5, 0.6) is 5.75 Å². The molecule has 2 aromatic carbocycles. The van der Waals surface area contributed by atoms with Crippen molar-refractivity contribution in [2.24, 2.45) is 5.92 Å². The number of carbonyl (C=O) groups excluding carboxylic acids is 2. The Bertz CT molecular complexity index is 1070. The van der Waals surface area contributed by atoms with E-state index in [1.165, 1.54) is 24.3 Å². The number of carbonyl (C=O) groups is 2. The van der Waals surface area contributed by atoms with E-state index in [-0.39, 0.29) is 17.3 Å². The van der Waals surface area contributed by atoms with E-state index >= 15 is 0 Å². The molecule has 0 spiro atoms. The van der Waals surface area contributed by atoms with Crippen LogP contribution in [0.1, 0.15) is 39.6 Å². The fourth-order valence-electron chi connectivity index (χ4n) is 3.00. The minimum absolute atomic E-state index is 0.162. The van der Waals surface area contributed by atoms with Gasteiger partial charge in [-0.25, -0.2) is 13.6 Å². The van der Waals surface area contributed by atoms with Gasteiger partial charge >= 0.3 is 5.97 Å². The van der Waals surface area contributed by atoms with Crippen molar-refractivity contribution in [3.8, 4) is 5.75 Å². The molecule has 2 aromatic rings. The maximum absolute atomic E-state index is 14.0. The number of benzene rings is 2. The lowest BCUT2D eigenvalue weighted by molar-refractivity contribution is 0.0717. The highest BCUT2D eigenvalue weighted by Gasteiger charge is 2.27. The molecule has 0 heterocycles. The molecule has 0 amide bonds. The van der Waals surface area contributed by atoms with Crippen molar-refractivity contribution in [2.75, 3.05) is 0 Å². The summed E-state index contributed by atoms with van der Waals surface area (Å²) in [4.78, 5) is 24.7.